The molecule has 0 fully saturated rings. The van der Waals surface area contributed by atoms with Gasteiger partial charge in [0.25, 0.3) is 0 Å². The fourth-order valence-corrected chi connectivity index (χ4v) is 2.65. The first-order valence-electron chi connectivity index (χ1n) is 7.71. The number of fused-ring (bicyclic) bond motifs is 1. The molecule has 2 aromatic carbocycles. The fourth-order valence-electron chi connectivity index (χ4n) is 2.41. The minimum atomic E-state index is -1.17. The molecular formula is C19H12ClN5O. The lowest BCUT2D eigenvalue weighted by atomic mass is 10.1. The van der Waals surface area contributed by atoms with Crippen LogP contribution in [-0.2, 0) is 11.3 Å². The third kappa shape index (κ3) is 3.61. The van der Waals surface area contributed by atoms with Gasteiger partial charge in [0.1, 0.15) is 5.69 Å². The molecule has 3 rings (SSSR count). The number of nitriles is 2. The molecule has 1 heterocycles. The van der Waals surface area contributed by atoms with Crippen molar-refractivity contribution < 1.29 is 4.79 Å². The smallest absolute Gasteiger partial charge is 0.243 e. The molecule has 3 aromatic rings. The Balaban J connectivity index is 1.79. The average Bonchev–Trinajstić information content (AvgIpc) is 2.67. The molecule has 0 aliphatic carbocycles. The number of nitrogens with zero attached hydrogens (tertiary/aromatic N) is 4. The van der Waals surface area contributed by atoms with E-state index in [0.29, 0.717) is 16.6 Å². The molecule has 0 radical (unpaired) electrons. The van der Waals surface area contributed by atoms with Crippen molar-refractivity contribution in [3.8, 4) is 12.1 Å². The molecule has 0 aliphatic rings. The van der Waals surface area contributed by atoms with Crippen LogP contribution in [0, 0.1) is 22.7 Å². The van der Waals surface area contributed by atoms with E-state index in [1.807, 2.05) is 12.1 Å². The summed E-state index contributed by atoms with van der Waals surface area (Å²) in [5, 5.41) is 21.0. The van der Waals surface area contributed by atoms with Crippen molar-refractivity contribution in [3.63, 3.8) is 0 Å². The van der Waals surface area contributed by atoms with E-state index in [9.17, 15) is 10.1 Å². The summed E-state index contributed by atoms with van der Waals surface area (Å²) in [5.41, 5.74) is 2.63. The van der Waals surface area contributed by atoms with Gasteiger partial charge < -0.3 is 5.32 Å². The van der Waals surface area contributed by atoms with Gasteiger partial charge in [0, 0.05) is 6.54 Å². The molecule has 0 saturated carbocycles. The highest BCUT2D eigenvalue weighted by molar-refractivity contribution is 6.30. The van der Waals surface area contributed by atoms with E-state index in [0.717, 1.165) is 5.56 Å². The number of halogens is 1. The number of carbonyl (C=O) groups excluding carboxylic acids is 1. The van der Waals surface area contributed by atoms with Gasteiger partial charge in [0.15, 0.2) is 11.1 Å². The van der Waals surface area contributed by atoms with Gasteiger partial charge in [0.2, 0.25) is 5.91 Å². The SMILES string of the molecule is N#Cc1ccc(CNC(=O)C(C#N)c2nc3ccccc3nc2Cl)cc1. The minimum absolute atomic E-state index is 0.0313. The zero-order valence-electron chi connectivity index (χ0n) is 13.5. The normalized spacial score (nSPS) is 11.3. The molecule has 0 bridgehead atoms. The van der Waals surface area contributed by atoms with Gasteiger partial charge in [-0.25, -0.2) is 9.97 Å². The maximum absolute atomic E-state index is 12.4. The van der Waals surface area contributed by atoms with Crippen molar-refractivity contribution in [3.05, 3.63) is 70.5 Å². The molecule has 0 aliphatic heterocycles. The predicted octanol–water partition coefficient (Wildman–Crippen LogP) is 3.08. The quantitative estimate of drug-likeness (QED) is 0.769. The molecule has 0 saturated heterocycles. The Morgan fingerprint density at radius 3 is 2.35 bits per heavy atom. The second-order valence-electron chi connectivity index (χ2n) is 5.48. The van der Waals surface area contributed by atoms with Crippen LogP contribution >= 0.6 is 11.6 Å². The fraction of sp³-hybridized carbons (Fsp3) is 0.105. The highest BCUT2D eigenvalue weighted by Gasteiger charge is 2.25. The molecular weight excluding hydrogens is 350 g/mol. The van der Waals surface area contributed by atoms with E-state index in [-0.39, 0.29) is 17.4 Å². The second-order valence-corrected chi connectivity index (χ2v) is 5.84. The first-order chi connectivity index (χ1) is 12.6. The lowest BCUT2D eigenvalue weighted by Crippen LogP contribution is -2.29. The Hall–Kier alpha value is -3.48. The van der Waals surface area contributed by atoms with Crippen LogP contribution < -0.4 is 5.32 Å². The van der Waals surface area contributed by atoms with Gasteiger partial charge in [-0.15, -0.1) is 0 Å². The summed E-state index contributed by atoms with van der Waals surface area (Å²) < 4.78 is 0. The Morgan fingerprint density at radius 2 is 1.73 bits per heavy atom. The molecule has 7 heteroatoms. The number of carbonyl (C=O) groups is 1. The number of hydrogen-bond donors (Lipinski definition) is 1. The van der Waals surface area contributed by atoms with Crippen LogP contribution in [0.4, 0.5) is 0 Å². The molecule has 1 unspecified atom stereocenters. The number of amides is 1. The Labute approximate surface area is 154 Å². The Morgan fingerprint density at radius 1 is 1.08 bits per heavy atom. The van der Waals surface area contributed by atoms with Crippen LogP contribution in [-0.4, -0.2) is 15.9 Å². The molecule has 1 atom stereocenters. The molecule has 1 aromatic heterocycles. The van der Waals surface area contributed by atoms with Gasteiger partial charge in [-0.1, -0.05) is 35.9 Å². The van der Waals surface area contributed by atoms with Gasteiger partial charge >= 0.3 is 0 Å². The van der Waals surface area contributed by atoms with E-state index in [2.05, 4.69) is 15.3 Å². The number of aromatic nitrogens is 2. The highest BCUT2D eigenvalue weighted by atomic mass is 35.5. The lowest BCUT2D eigenvalue weighted by Gasteiger charge is -2.12. The Kier molecular flexibility index (Phi) is 5.07. The zero-order chi connectivity index (χ0) is 18.5. The highest BCUT2D eigenvalue weighted by Crippen LogP contribution is 2.24. The zero-order valence-corrected chi connectivity index (χ0v) is 14.2. The van der Waals surface area contributed by atoms with E-state index in [1.165, 1.54) is 0 Å². The summed E-state index contributed by atoms with van der Waals surface area (Å²) in [6.07, 6.45) is 0. The summed E-state index contributed by atoms with van der Waals surface area (Å²) >= 11 is 6.14. The first-order valence-corrected chi connectivity index (χ1v) is 8.08. The standard InChI is InChI=1S/C19H12ClN5O/c20-18-17(24-15-3-1-2-4-16(15)25-18)14(10-22)19(26)23-11-13-7-5-12(9-21)6-8-13/h1-8,14H,11H2,(H,23,26). The molecule has 6 nitrogen and oxygen atoms in total. The number of nitrogens with one attached hydrogen (secondary N) is 1. The summed E-state index contributed by atoms with van der Waals surface area (Å²) in [4.78, 5) is 21.0. The predicted molar refractivity (Wildman–Crippen MR) is 95.9 cm³/mol. The second kappa shape index (κ2) is 7.60. The molecule has 1 N–H and O–H groups in total. The largest absolute Gasteiger partial charge is 0.351 e. The Bertz CT molecular complexity index is 1050. The van der Waals surface area contributed by atoms with Crippen molar-refractivity contribution in [2.24, 2.45) is 0 Å². The molecule has 26 heavy (non-hydrogen) atoms. The third-order valence-electron chi connectivity index (χ3n) is 3.77. The minimum Gasteiger partial charge on any atom is -0.351 e. The third-order valence-corrected chi connectivity index (χ3v) is 4.05. The monoisotopic (exact) mass is 361 g/mol. The topological polar surface area (TPSA) is 102 Å². The lowest BCUT2D eigenvalue weighted by molar-refractivity contribution is -0.121. The van der Waals surface area contributed by atoms with Crippen molar-refractivity contribution in [2.45, 2.75) is 12.5 Å². The molecule has 0 spiro atoms. The van der Waals surface area contributed by atoms with Crippen LogP contribution in [0.2, 0.25) is 5.15 Å². The van der Waals surface area contributed by atoms with Crippen LogP contribution in [0.1, 0.15) is 22.7 Å². The average molecular weight is 362 g/mol. The van der Waals surface area contributed by atoms with Gasteiger partial charge in [0.05, 0.1) is 28.7 Å². The van der Waals surface area contributed by atoms with Crippen molar-refractivity contribution in [2.75, 3.05) is 0 Å². The summed E-state index contributed by atoms with van der Waals surface area (Å²) in [7, 11) is 0. The maximum atomic E-state index is 12.4. The molecule has 1 amide bonds. The van der Waals surface area contributed by atoms with E-state index in [1.54, 1.807) is 48.5 Å². The summed E-state index contributed by atoms with van der Waals surface area (Å²) in [5.74, 6) is -1.68. The number of rotatable bonds is 4. The van der Waals surface area contributed by atoms with Gasteiger partial charge in [-0.3, -0.25) is 4.79 Å². The molecule has 126 valence electrons. The van der Waals surface area contributed by atoms with Gasteiger partial charge in [-0.05, 0) is 29.8 Å². The van der Waals surface area contributed by atoms with Crippen LogP contribution in [0.15, 0.2) is 48.5 Å². The van der Waals surface area contributed by atoms with Crippen LogP contribution in [0.3, 0.4) is 0 Å². The van der Waals surface area contributed by atoms with Crippen molar-refractivity contribution in [1.82, 2.24) is 15.3 Å². The van der Waals surface area contributed by atoms with E-state index < -0.39 is 11.8 Å². The van der Waals surface area contributed by atoms with Crippen molar-refractivity contribution in [1.29, 1.82) is 10.5 Å². The van der Waals surface area contributed by atoms with E-state index in [4.69, 9.17) is 16.9 Å². The number of hydrogen-bond acceptors (Lipinski definition) is 5. The van der Waals surface area contributed by atoms with Gasteiger partial charge in [-0.2, -0.15) is 10.5 Å². The van der Waals surface area contributed by atoms with Crippen molar-refractivity contribution >= 4 is 28.5 Å². The number of benzene rings is 2. The van der Waals surface area contributed by atoms with Crippen LogP contribution in [0.25, 0.3) is 11.0 Å². The maximum Gasteiger partial charge on any atom is 0.243 e. The summed E-state index contributed by atoms with van der Waals surface area (Å²) in [6, 6.07) is 17.9. The summed E-state index contributed by atoms with van der Waals surface area (Å²) in [6.45, 7) is 0.224. The first kappa shape index (κ1) is 17.3. The van der Waals surface area contributed by atoms with E-state index >= 15 is 0 Å². The van der Waals surface area contributed by atoms with Crippen LogP contribution in [0.5, 0.6) is 0 Å². The number of para-hydroxylation sites is 2.